The third-order valence-electron chi connectivity index (χ3n) is 2.90. The number of nitrogens with one attached hydrogen (secondary N) is 1. The first-order valence-corrected chi connectivity index (χ1v) is 6.86. The number of aryl methyl sites for hydroxylation is 1. The Kier molecular flexibility index (Phi) is 4.74. The van der Waals surface area contributed by atoms with E-state index >= 15 is 0 Å². The summed E-state index contributed by atoms with van der Waals surface area (Å²) in [6.45, 7) is 7.61. The summed E-state index contributed by atoms with van der Waals surface area (Å²) in [4.78, 5) is 10.9. The number of pyridine rings is 1. The van der Waals surface area contributed by atoms with Gasteiger partial charge in [-0.05, 0) is 19.1 Å². The number of hydrogen-bond donors (Lipinski definition) is 1. The van der Waals surface area contributed by atoms with Crippen LogP contribution in [0, 0.1) is 6.92 Å². The number of hydrogen-bond acceptors (Lipinski definition) is 5. The standard InChI is InChI=1S/C15H22N4O/c1-11(2)16-8-14-10-20-15(18-14)19(4)9-13-7-5-6-12(3)17-13/h5-7,10-11,16H,8-9H2,1-4H3. The molecule has 0 fully saturated rings. The van der Waals surface area contributed by atoms with E-state index in [1.807, 2.05) is 37.1 Å². The van der Waals surface area contributed by atoms with Crippen molar-refractivity contribution in [3.8, 4) is 0 Å². The van der Waals surface area contributed by atoms with Crippen molar-refractivity contribution in [2.75, 3.05) is 11.9 Å². The van der Waals surface area contributed by atoms with Crippen molar-refractivity contribution in [2.45, 2.75) is 39.9 Å². The largest absolute Gasteiger partial charge is 0.432 e. The molecule has 5 heteroatoms. The van der Waals surface area contributed by atoms with Gasteiger partial charge in [-0.3, -0.25) is 4.98 Å². The molecule has 0 amide bonds. The molecular formula is C15H22N4O. The van der Waals surface area contributed by atoms with E-state index in [4.69, 9.17) is 4.42 Å². The molecule has 0 bridgehead atoms. The Morgan fingerprint density at radius 2 is 2.05 bits per heavy atom. The molecule has 0 aliphatic carbocycles. The molecule has 1 N–H and O–H groups in total. The van der Waals surface area contributed by atoms with Gasteiger partial charge in [-0.25, -0.2) is 0 Å². The molecule has 2 aromatic rings. The molecule has 0 aliphatic rings. The zero-order valence-corrected chi connectivity index (χ0v) is 12.6. The molecule has 5 nitrogen and oxygen atoms in total. The van der Waals surface area contributed by atoms with Gasteiger partial charge in [-0.1, -0.05) is 19.9 Å². The van der Waals surface area contributed by atoms with Gasteiger partial charge in [0.1, 0.15) is 6.26 Å². The van der Waals surface area contributed by atoms with Crippen LogP contribution in [0.3, 0.4) is 0 Å². The van der Waals surface area contributed by atoms with Crippen LogP contribution in [0.1, 0.15) is 30.9 Å². The summed E-state index contributed by atoms with van der Waals surface area (Å²) in [5.41, 5.74) is 2.94. The van der Waals surface area contributed by atoms with Crippen molar-refractivity contribution in [1.82, 2.24) is 15.3 Å². The molecule has 2 heterocycles. The van der Waals surface area contributed by atoms with Gasteiger partial charge in [0, 0.05) is 25.3 Å². The van der Waals surface area contributed by atoms with Gasteiger partial charge in [-0.15, -0.1) is 0 Å². The summed E-state index contributed by atoms with van der Waals surface area (Å²) in [5.74, 6) is 0. The van der Waals surface area contributed by atoms with Crippen LogP contribution < -0.4 is 10.2 Å². The van der Waals surface area contributed by atoms with Crippen LogP contribution in [0.2, 0.25) is 0 Å². The number of rotatable bonds is 6. The maximum Gasteiger partial charge on any atom is 0.297 e. The molecule has 108 valence electrons. The maximum absolute atomic E-state index is 5.51. The third kappa shape index (κ3) is 4.06. The third-order valence-corrected chi connectivity index (χ3v) is 2.90. The van der Waals surface area contributed by atoms with Crippen LogP contribution in [-0.2, 0) is 13.1 Å². The van der Waals surface area contributed by atoms with Gasteiger partial charge in [0.05, 0.1) is 17.9 Å². The number of nitrogens with zero attached hydrogens (tertiary/aromatic N) is 3. The molecule has 0 unspecified atom stereocenters. The second kappa shape index (κ2) is 6.52. The van der Waals surface area contributed by atoms with E-state index in [0.717, 1.165) is 23.6 Å². The molecule has 0 spiro atoms. The Labute approximate surface area is 120 Å². The maximum atomic E-state index is 5.51. The highest BCUT2D eigenvalue weighted by Gasteiger charge is 2.10. The lowest BCUT2D eigenvalue weighted by Gasteiger charge is -2.13. The topological polar surface area (TPSA) is 54.2 Å². The minimum absolute atomic E-state index is 0.435. The Morgan fingerprint density at radius 3 is 2.75 bits per heavy atom. The zero-order chi connectivity index (χ0) is 14.5. The average Bonchev–Trinajstić information content (AvgIpc) is 2.85. The Balaban J connectivity index is 1.97. The Morgan fingerprint density at radius 1 is 1.25 bits per heavy atom. The molecule has 2 aromatic heterocycles. The first-order valence-electron chi connectivity index (χ1n) is 6.86. The van der Waals surface area contributed by atoms with Crippen LogP contribution >= 0.6 is 0 Å². The lowest BCUT2D eigenvalue weighted by atomic mass is 10.3. The van der Waals surface area contributed by atoms with Crippen LogP contribution in [0.4, 0.5) is 6.01 Å². The summed E-state index contributed by atoms with van der Waals surface area (Å²) >= 11 is 0. The van der Waals surface area contributed by atoms with E-state index in [9.17, 15) is 0 Å². The van der Waals surface area contributed by atoms with Crippen molar-refractivity contribution in [1.29, 1.82) is 0 Å². The Hall–Kier alpha value is -1.88. The summed E-state index contributed by atoms with van der Waals surface area (Å²) in [5, 5.41) is 3.32. The van der Waals surface area contributed by atoms with Gasteiger partial charge in [0.25, 0.3) is 6.01 Å². The fourth-order valence-electron chi connectivity index (χ4n) is 1.86. The highest BCUT2D eigenvalue weighted by molar-refractivity contribution is 5.27. The molecule has 0 saturated carbocycles. The van der Waals surface area contributed by atoms with Crippen molar-refractivity contribution in [3.63, 3.8) is 0 Å². The molecule has 0 radical (unpaired) electrons. The zero-order valence-electron chi connectivity index (χ0n) is 12.6. The van der Waals surface area contributed by atoms with E-state index < -0.39 is 0 Å². The Bertz CT molecular complexity index is 550. The molecule has 0 atom stereocenters. The predicted octanol–water partition coefficient (Wildman–Crippen LogP) is 2.51. The fraction of sp³-hybridized carbons (Fsp3) is 0.467. The van der Waals surface area contributed by atoms with Crippen molar-refractivity contribution >= 4 is 6.01 Å². The molecular weight excluding hydrogens is 252 g/mol. The van der Waals surface area contributed by atoms with Crippen LogP contribution in [0.15, 0.2) is 28.9 Å². The van der Waals surface area contributed by atoms with Gasteiger partial charge >= 0.3 is 0 Å². The smallest absolute Gasteiger partial charge is 0.297 e. The predicted molar refractivity (Wildman–Crippen MR) is 79.6 cm³/mol. The average molecular weight is 274 g/mol. The number of oxazole rings is 1. The lowest BCUT2D eigenvalue weighted by molar-refractivity contribution is 0.539. The van der Waals surface area contributed by atoms with E-state index in [0.29, 0.717) is 18.6 Å². The molecule has 0 aliphatic heterocycles. The van der Waals surface area contributed by atoms with Crippen LogP contribution in [0.5, 0.6) is 0 Å². The van der Waals surface area contributed by atoms with E-state index in [1.54, 1.807) is 6.26 Å². The minimum atomic E-state index is 0.435. The highest BCUT2D eigenvalue weighted by atomic mass is 16.4. The van der Waals surface area contributed by atoms with Crippen molar-refractivity contribution in [2.24, 2.45) is 0 Å². The minimum Gasteiger partial charge on any atom is -0.432 e. The summed E-state index contributed by atoms with van der Waals surface area (Å²) < 4.78 is 5.51. The molecule has 0 saturated heterocycles. The van der Waals surface area contributed by atoms with Gasteiger partial charge in [-0.2, -0.15) is 4.98 Å². The molecule has 0 aromatic carbocycles. The first-order chi connectivity index (χ1) is 9.54. The fourth-order valence-corrected chi connectivity index (χ4v) is 1.86. The number of aromatic nitrogens is 2. The number of anilines is 1. The van der Waals surface area contributed by atoms with Crippen molar-refractivity contribution < 1.29 is 4.42 Å². The molecule has 2 rings (SSSR count). The van der Waals surface area contributed by atoms with Crippen molar-refractivity contribution in [3.05, 3.63) is 41.5 Å². The lowest BCUT2D eigenvalue weighted by Crippen LogP contribution is -2.22. The van der Waals surface area contributed by atoms with Gasteiger partial charge in [0.2, 0.25) is 0 Å². The second-order valence-electron chi connectivity index (χ2n) is 5.28. The van der Waals surface area contributed by atoms with Crippen LogP contribution in [0.25, 0.3) is 0 Å². The quantitative estimate of drug-likeness (QED) is 0.877. The summed E-state index contributed by atoms with van der Waals surface area (Å²) in [6, 6.07) is 7.06. The normalized spacial score (nSPS) is 11.1. The highest BCUT2D eigenvalue weighted by Crippen LogP contribution is 2.14. The van der Waals surface area contributed by atoms with E-state index in [1.165, 1.54) is 0 Å². The van der Waals surface area contributed by atoms with Crippen LogP contribution in [-0.4, -0.2) is 23.1 Å². The first kappa shape index (κ1) is 14.5. The SMILES string of the molecule is Cc1cccc(CN(C)c2nc(CNC(C)C)co2)n1. The van der Waals surface area contributed by atoms with E-state index in [-0.39, 0.29) is 0 Å². The summed E-state index contributed by atoms with van der Waals surface area (Å²) in [6.07, 6.45) is 1.70. The second-order valence-corrected chi connectivity index (χ2v) is 5.28. The monoisotopic (exact) mass is 274 g/mol. The van der Waals surface area contributed by atoms with Gasteiger partial charge in [0.15, 0.2) is 0 Å². The molecule has 20 heavy (non-hydrogen) atoms. The summed E-state index contributed by atoms with van der Waals surface area (Å²) in [7, 11) is 1.95. The van der Waals surface area contributed by atoms with E-state index in [2.05, 4.69) is 29.1 Å². The van der Waals surface area contributed by atoms with Gasteiger partial charge < -0.3 is 14.6 Å².